The molecule has 7 heteroatoms. The molecule has 0 unspecified atom stereocenters. The molecule has 0 spiro atoms. The third kappa shape index (κ3) is 6.30. The van der Waals surface area contributed by atoms with E-state index >= 15 is 0 Å². The number of carboxylic acid groups (broad SMARTS) is 2. The first kappa shape index (κ1) is 13.8. The minimum atomic E-state index is -1.76. The van der Waals surface area contributed by atoms with E-state index in [1.165, 1.54) is 6.92 Å². The molecule has 0 amide bonds. The number of esters is 1. The number of aliphatic carboxylic acids is 2. The zero-order chi connectivity index (χ0) is 12.7. The number of allylic oxidation sites excluding steroid dienone is 1. The number of carbonyl (C=O) groups is 4. The van der Waals surface area contributed by atoms with Gasteiger partial charge >= 0.3 is 17.9 Å². The standard InChI is InChI=1S/C9H10O7/c1-5(10)2-3-8(13)16-6(9(14)15)4-7(11)12/h2-3,6H,4H2,1H3,(H,11,12)(H,14,15)/b3-2+/t6-/m0/s1. The smallest absolute Gasteiger partial charge is 0.345 e. The molecule has 2 N–H and O–H groups in total. The van der Waals surface area contributed by atoms with Crippen LogP contribution in [0.4, 0.5) is 0 Å². The number of carbonyl (C=O) groups excluding carboxylic acids is 2. The van der Waals surface area contributed by atoms with Crippen LogP contribution in [0.2, 0.25) is 0 Å². The molecule has 0 aliphatic rings. The molecule has 0 radical (unpaired) electrons. The summed E-state index contributed by atoms with van der Waals surface area (Å²) in [6.45, 7) is 1.19. The molecule has 0 aromatic rings. The summed E-state index contributed by atoms with van der Waals surface area (Å²) in [5, 5.41) is 16.9. The second kappa shape index (κ2) is 6.33. The lowest BCUT2D eigenvalue weighted by Crippen LogP contribution is -2.29. The van der Waals surface area contributed by atoms with Gasteiger partial charge in [-0.1, -0.05) is 0 Å². The fraction of sp³-hybridized carbons (Fsp3) is 0.333. The van der Waals surface area contributed by atoms with Gasteiger partial charge in [-0.05, 0) is 13.0 Å². The highest BCUT2D eigenvalue weighted by atomic mass is 16.6. The second-order valence-corrected chi connectivity index (χ2v) is 2.81. The lowest BCUT2D eigenvalue weighted by molar-refractivity contribution is -0.164. The molecule has 1 atom stereocenters. The van der Waals surface area contributed by atoms with Gasteiger partial charge in [0.25, 0.3) is 0 Å². The van der Waals surface area contributed by atoms with E-state index in [9.17, 15) is 19.2 Å². The SMILES string of the molecule is CC(=O)/C=C/C(=O)O[C@@H](CC(=O)O)C(=O)O. The number of hydrogen-bond donors (Lipinski definition) is 2. The number of rotatable bonds is 6. The van der Waals surface area contributed by atoms with Crippen LogP contribution >= 0.6 is 0 Å². The van der Waals surface area contributed by atoms with Crippen molar-refractivity contribution in [1.29, 1.82) is 0 Å². The zero-order valence-electron chi connectivity index (χ0n) is 8.37. The van der Waals surface area contributed by atoms with Gasteiger partial charge in [-0.2, -0.15) is 0 Å². The molecule has 7 nitrogen and oxygen atoms in total. The van der Waals surface area contributed by atoms with Crippen molar-refractivity contribution in [2.75, 3.05) is 0 Å². The van der Waals surface area contributed by atoms with Gasteiger partial charge in [0.2, 0.25) is 6.10 Å². The van der Waals surface area contributed by atoms with Gasteiger partial charge in [0.15, 0.2) is 5.78 Å². The van der Waals surface area contributed by atoms with Crippen molar-refractivity contribution in [1.82, 2.24) is 0 Å². The third-order valence-corrected chi connectivity index (χ3v) is 1.35. The Morgan fingerprint density at radius 1 is 1.19 bits per heavy atom. The summed E-state index contributed by atoms with van der Waals surface area (Å²) in [6, 6.07) is 0. The normalized spacial score (nSPS) is 12.1. The highest BCUT2D eigenvalue weighted by molar-refractivity contribution is 5.95. The lowest BCUT2D eigenvalue weighted by atomic mass is 10.2. The van der Waals surface area contributed by atoms with Gasteiger partial charge in [-0.3, -0.25) is 9.59 Å². The molecule has 0 saturated heterocycles. The Balaban J connectivity index is 4.40. The van der Waals surface area contributed by atoms with Crippen molar-refractivity contribution in [2.45, 2.75) is 19.4 Å². The topological polar surface area (TPSA) is 118 Å². The molecule has 0 heterocycles. The van der Waals surface area contributed by atoms with E-state index in [1.54, 1.807) is 0 Å². The van der Waals surface area contributed by atoms with Crippen molar-refractivity contribution >= 4 is 23.7 Å². The summed E-state index contributed by atoms with van der Waals surface area (Å²) in [5.41, 5.74) is 0. The van der Waals surface area contributed by atoms with E-state index in [-0.39, 0.29) is 0 Å². The van der Waals surface area contributed by atoms with Crippen LogP contribution in [0.1, 0.15) is 13.3 Å². The van der Waals surface area contributed by atoms with Crippen molar-refractivity contribution in [3.63, 3.8) is 0 Å². The Morgan fingerprint density at radius 3 is 2.12 bits per heavy atom. The molecule has 0 fully saturated rings. The molecular weight excluding hydrogens is 220 g/mol. The monoisotopic (exact) mass is 230 g/mol. The highest BCUT2D eigenvalue weighted by Crippen LogP contribution is 2.00. The van der Waals surface area contributed by atoms with E-state index in [4.69, 9.17) is 10.2 Å². The molecule has 88 valence electrons. The van der Waals surface area contributed by atoms with Crippen LogP contribution in [0.15, 0.2) is 12.2 Å². The third-order valence-electron chi connectivity index (χ3n) is 1.35. The summed E-state index contributed by atoms with van der Waals surface area (Å²) in [4.78, 5) is 42.1. The van der Waals surface area contributed by atoms with Crippen molar-refractivity contribution in [2.24, 2.45) is 0 Å². The first-order chi connectivity index (χ1) is 7.32. The minimum Gasteiger partial charge on any atom is -0.481 e. The maximum absolute atomic E-state index is 10.9. The molecular formula is C9H10O7. The second-order valence-electron chi connectivity index (χ2n) is 2.81. The Kier molecular flexibility index (Phi) is 5.47. The summed E-state index contributed by atoms with van der Waals surface area (Å²) in [5.74, 6) is -4.46. The summed E-state index contributed by atoms with van der Waals surface area (Å²) < 4.78 is 4.31. The zero-order valence-corrected chi connectivity index (χ0v) is 8.37. The van der Waals surface area contributed by atoms with E-state index < -0.39 is 36.2 Å². The van der Waals surface area contributed by atoms with Gasteiger partial charge in [-0.15, -0.1) is 0 Å². The largest absolute Gasteiger partial charge is 0.481 e. The van der Waals surface area contributed by atoms with Crippen LogP contribution in [0.5, 0.6) is 0 Å². The predicted octanol–water partition coefficient (Wildman–Crippen LogP) is -0.397. The molecule has 0 aromatic carbocycles. The van der Waals surface area contributed by atoms with E-state index in [0.29, 0.717) is 0 Å². The van der Waals surface area contributed by atoms with Crippen molar-refractivity contribution in [3.05, 3.63) is 12.2 Å². The summed E-state index contributed by atoms with van der Waals surface area (Å²) >= 11 is 0. The Bertz CT molecular complexity index is 342. The molecule has 16 heavy (non-hydrogen) atoms. The van der Waals surface area contributed by atoms with Crippen molar-refractivity contribution in [3.8, 4) is 0 Å². The molecule has 0 aromatic heterocycles. The lowest BCUT2D eigenvalue weighted by Gasteiger charge is -2.09. The minimum absolute atomic E-state index is 0.415. The van der Waals surface area contributed by atoms with Crippen LogP contribution in [0.25, 0.3) is 0 Å². The Labute approximate surface area is 90.3 Å². The maximum Gasteiger partial charge on any atom is 0.345 e. The summed E-state index contributed by atoms with van der Waals surface area (Å²) in [6.07, 6.45) is -0.974. The van der Waals surface area contributed by atoms with E-state index in [1.807, 2.05) is 0 Å². The molecule has 0 rings (SSSR count). The van der Waals surface area contributed by atoms with Gasteiger partial charge < -0.3 is 14.9 Å². The van der Waals surface area contributed by atoms with Gasteiger partial charge in [0, 0.05) is 6.08 Å². The quantitative estimate of drug-likeness (QED) is 0.470. The van der Waals surface area contributed by atoms with Crippen LogP contribution in [0.3, 0.4) is 0 Å². The first-order valence-corrected chi connectivity index (χ1v) is 4.16. The number of ketones is 1. The summed E-state index contributed by atoms with van der Waals surface area (Å²) in [7, 11) is 0. The average Bonchev–Trinajstić information content (AvgIpc) is 2.12. The number of carboxylic acids is 2. The van der Waals surface area contributed by atoms with E-state index in [0.717, 1.165) is 12.2 Å². The van der Waals surface area contributed by atoms with Crippen LogP contribution in [-0.4, -0.2) is 40.0 Å². The van der Waals surface area contributed by atoms with Crippen LogP contribution in [-0.2, 0) is 23.9 Å². The fourth-order valence-electron chi connectivity index (χ4n) is 0.703. The van der Waals surface area contributed by atoms with Gasteiger partial charge in [0.1, 0.15) is 0 Å². The average molecular weight is 230 g/mol. The molecule has 0 bridgehead atoms. The fourth-order valence-corrected chi connectivity index (χ4v) is 0.703. The van der Waals surface area contributed by atoms with Gasteiger partial charge in [-0.25, -0.2) is 9.59 Å². The molecule has 0 aliphatic carbocycles. The Hall–Kier alpha value is -2.18. The Morgan fingerprint density at radius 2 is 1.75 bits per heavy atom. The molecule has 0 aliphatic heterocycles. The molecule has 0 saturated carbocycles. The van der Waals surface area contributed by atoms with Crippen molar-refractivity contribution < 1.29 is 34.1 Å². The highest BCUT2D eigenvalue weighted by Gasteiger charge is 2.24. The van der Waals surface area contributed by atoms with Gasteiger partial charge in [0.05, 0.1) is 6.42 Å². The predicted molar refractivity (Wildman–Crippen MR) is 49.6 cm³/mol. The van der Waals surface area contributed by atoms with Crippen LogP contribution < -0.4 is 0 Å². The number of ether oxygens (including phenoxy) is 1. The number of hydrogen-bond acceptors (Lipinski definition) is 5. The maximum atomic E-state index is 10.9. The van der Waals surface area contributed by atoms with E-state index in [2.05, 4.69) is 4.74 Å². The van der Waals surface area contributed by atoms with Crippen LogP contribution in [0, 0.1) is 0 Å². The first-order valence-electron chi connectivity index (χ1n) is 4.16.